The molecule has 0 saturated heterocycles. The molecule has 4 nitrogen and oxygen atoms in total. The number of anilines is 1. The highest BCUT2D eigenvalue weighted by molar-refractivity contribution is 6.31. The molecule has 0 spiro atoms. The summed E-state index contributed by atoms with van der Waals surface area (Å²) in [5.41, 5.74) is 2.26. The number of carbonyl (C=O) groups is 1. The number of benzene rings is 2. The minimum Gasteiger partial charge on any atom is -0.384 e. The Morgan fingerprint density at radius 1 is 1.08 bits per heavy atom. The molecule has 1 heterocycles. The van der Waals surface area contributed by atoms with Crippen molar-refractivity contribution in [2.45, 2.75) is 6.42 Å². The molecule has 128 valence electrons. The Labute approximate surface area is 150 Å². The number of nitrogens with zero attached hydrogens (tertiary/aromatic N) is 1. The summed E-state index contributed by atoms with van der Waals surface area (Å²) < 4.78 is 12.8. The van der Waals surface area contributed by atoms with Gasteiger partial charge in [0.05, 0.1) is 5.52 Å². The highest BCUT2D eigenvalue weighted by atomic mass is 35.5. The van der Waals surface area contributed by atoms with Gasteiger partial charge in [0.2, 0.25) is 0 Å². The first-order valence-electron chi connectivity index (χ1n) is 7.95. The van der Waals surface area contributed by atoms with Gasteiger partial charge in [-0.25, -0.2) is 4.39 Å². The van der Waals surface area contributed by atoms with Crippen LogP contribution in [0.5, 0.6) is 0 Å². The van der Waals surface area contributed by atoms with Crippen LogP contribution in [0.2, 0.25) is 5.02 Å². The average molecular weight is 358 g/mol. The minimum atomic E-state index is -0.355. The lowest BCUT2D eigenvalue weighted by Crippen LogP contribution is -2.25. The maximum absolute atomic E-state index is 12.8. The van der Waals surface area contributed by atoms with Gasteiger partial charge in [-0.3, -0.25) is 9.78 Å². The Kier molecular flexibility index (Phi) is 5.46. The van der Waals surface area contributed by atoms with E-state index >= 15 is 0 Å². The third kappa shape index (κ3) is 4.45. The summed E-state index contributed by atoms with van der Waals surface area (Å²) in [6.45, 7) is 1.23. The van der Waals surface area contributed by atoms with Gasteiger partial charge in [-0.1, -0.05) is 11.6 Å². The van der Waals surface area contributed by atoms with Crippen molar-refractivity contribution in [3.63, 3.8) is 0 Å². The van der Waals surface area contributed by atoms with E-state index in [0.29, 0.717) is 23.7 Å². The number of pyridine rings is 1. The third-order valence-corrected chi connectivity index (χ3v) is 4.00. The Balaban J connectivity index is 1.49. The van der Waals surface area contributed by atoms with Crippen LogP contribution in [0.1, 0.15) is 16.8 Å². The van der Waals surface area contributed by atoms with Gasteiger partial charge in [0, 0.05) is 40.9 Å². The van der Waals surface area contributed by atoms with Gasteiger partial charge in [-0.15, -0.1) is 0 Å². The number of nitrogens with one attached hydrogen (secondary N) is 2. The maximum Gasteiger partial charge on any atom is 0.251 e. The number of aromatic nitrogens is 1. The molecule has 0 bridgehead atoms. The molecule has 2 aromatic carbocycles. The first kappa shape index (κ1) is 17.2. The molecule has 0 unspecified atom stereocenters. The Morgan fingerprint density at radius 2 is 1.88 bits per heavy atom. The average Bonchev–Trinajstić information content (AvgIpc) is 2.61. The number of fused-ring (bicyclic) bond motifs is 1. The van der Waals surface area contributed by atoms with Gasteiger partial charge in [0.15, 0.2) is 0 Å². The fraction of sp³-hybridized carbons (Fsp3) is 0.158. The third-order valence-electron chi connectivity index (χ3n) is 3.77. The first-order valence-corrected chi connectivity index (χ1v) is 8.33. The van der Waals surface area contributed by atoms with Crippen molar-refractivity contribution in [2.75, 3.05) is 18.4 Å². The summed E-state index contributed by atoms with van der Waals surface area (Å²) in [6.07, 6.45) is 2.49. The predicted octanol–water partition coefficient (Wildman–Crippen LogP) is 4.26. The number of amides is 1. The van der Waals surface area contributed by atoms with E-state index in [1.807, 2.05) is 24.3 Å². The van der Waals surface area contributed by atoms with Gasteiger partial charge < -0.3 is 10.6 Å². The second-order valence-electron chi connectivity index (χ2n) is 5.56. The zero-order valence-corrected chi connectivity index (χ0v) is 14.2. The fourth-order valence-electron chi connectivity index (χ4n) is 2.49. The van der Waals surface area contributed by atoms with Crippen molar-refractivity contribution < 1.29 is 9.18 Å². The van der Waals surface area contributed by atoms with Gasteiger partial charge in [-0.05, 0) is 55.0 Å². The number of rotatable bonds is 6. The number of halogens is 2. The van der Waals surface area contributed by atoms with Crippen LogP contribution in [0.15, 0.2) is 54.7 Å². The lowest BCUT2D eigenvalue weighted by Gasteiger charge is -2.10. The van der Waals surface area contributed by atoms with Crippen molar-refractivity contribution >= 4 is 34.1 Å². The molecule has 1 aromatic heterocycles. The molecule has 6 heteroatoms. The summed E-state index contributed by atoms with van der Waals surface area (Å²) in [5.74, 6) is -0.560. The first-order chi connectivity index (χ1) is 12.1. The molecule has 1 amide bonds. The SMILES string of the molecule is O=C(NCCCNc1ccnc2cc(Cl)ccc12)c1ccc(F)cc1. The Morgan fingerprint density at radius 3 is 2.68 bits per heavy atom. The van der Waals surface area contributed by atoms with E-state index in [1.54, 1.807) is 6.20 Å². The Bertz CT molecular complexity index is 883. The van der Waals surface area contributed by atoms with Crippen molar-refractivity contribution in [1.82, 2.24) is 10.3 Å². The lowest BCUT2D eigenvalue weighted by atomic mass is 10.2. The van der Waals surface area contributed by atoms with Gasteiger partial charge >= 0.3 is 0 Å². The van der Waals surface area contributed by atoms with Crippen LogP contribution in [-0.4, -0.2) is 24.0 Å². The van der Waals surface area contributed by atoms with E-state index in [0.717, 1.165) is 23.0 Å². The second kappa shape index (κ2) is 7.94. The largest absolute Gasteiger partial charge is 0.384 e. The molecule has 0 aliphatic heterocycles. The summed E-state index contributed by atoms with van der Waals surface area (Å²) in [5, 5.41) is 7.82. The molecule has 0 fully saturated rings. The zero-order valence-electron chi connectivity index (χ0n) is 13.4. The summed E-state index contributed by atoms with van der Waals surface area (Å²) in [6, 6.07) is 13.0. The molecule has 0 atom stereocenters. The second-order valence-corrected chi connectivity index (χ2v) is 6.00. The molecule has 0 radical (unpaired) electrons. The molecular formula is C19H17ClFN3O. The summed E-state index contributed by atoms with van der Waals surface area (Å²) in [7, 11) is 0. The van der Waals surface area contributed by atoms with E-state index in [2.05, 4.69) is 15.6 Å². The van der Waals surface area contributed by atoms with Crippen LogP contribution in [0.25, 0.3) is 10.9 Å². The summed E-state index contributed by atoms with van der Waals surface area (Å²) in [4.78, 5) is 16.2. The molecule has 0 aliphatic carbocycles. The Hall–Kier alpha value is -2.66. The van der Waals surface area contributed by atoms with Gasteiger partial charge in [0.25, 0.3) is 5.91 Å². The van der Waals surface area contributed by atoms with Crippen molar-refractivity contribution in [3.8, 4) is 0 Å². The van der Waals surface area contributed by atoms with E-state index < -0.39 is 0 Å². The van der Waals surface area contributed by atoms with Crippen LogP contribution in [0.4, 0.5) is 10.1 Å². The number of hydrogen-bond donors (Lipinski definition) is 2. The smallest absolute Gasteiger partial charge is 0.251 e. The number of hydrogen-bond acceptors (Lipinski definition) is 3. The minimum absolute atomic E-state index is 0.205. The monoisotopic (exact) mass is 357 g/mol. The number of carbonyl (C=O) groups excluding carboxylic acids is 1. The standard InChI is InChI=1S/C19H17ClFN3O/c20-14-4-7-16-17(8-11-23-18(16)12-14)22-9-1-10-24-19(25)13-2-5-15(21)6-3-13/h2-8,11-12H,1,9-10H2,(H,22,23)(H,24,25). The van der Waals surface area contributed by atoms with Gasteiger partial charge in [0.1, 0.15) is 5.82 Å². The molecule has 0 saturated carbocycles. The highest BCUT2D eigenvalue weighted by Crippen LogP contribution is 2.24. The highest BCUT2D eigenvalue weighted by Gasteiger charge is 2.05. The van der Waals surface area contributed by atoms with Crippen LogP contribution in [0.3, 0.4) is 0 Å². The van der Waals surface area contributed by atoms with Crippen LogP contribution >= 0.6 is 11.6 Å². The van der Waals surface area contributed by atoms with E-state index in [9.17, 15) is 9.18 Å². The van der Waals surface area contributed by atoms with Crippen molar-refractivity contribution in [3.05, 3.63) is 71.1 Å². The predicted molar refractivity (Wildman–Crippen MR) is 98.6 cm³/mol. The van der Waals surface area contributed by atoms with Crippen molar-refractivity contribution in [2.24, 2.45) is 0 Å². The summed E-state index contributed by atoms with van der Waals surface area (Å²) >= 11 is 5.98. The molecule has 3 rings (SSSR count). The van der Waals surface area contributed by atoms with E-state index in [-0.39, 0.29) is 11.7 Å². The molecule has 2 N–H and O–H groups in total. The van der Waals surface area contributed by atoms with Crippen LogP contribution in [-0.2, 0) is 0 Å². The lowest BCUT2D eigenvalue weighted by molar-refractivity contribution is 0.0953. The molecule has 25 heavy (non-hydrogen) atoms. The normalized spacial score (nSPS) is 10.6. The topological polar surface area (TPSA) is 54.0 Å². The molecule has 0 aliphatic rings. The fourth-order valence-corrected chi connectivity index (χ4v) is 2.66. The van der Waals surface area contributed by atoms with E-state index in [4.69, 9.17) is 11.6 Å². The van der Waals surface area contributed by atoms with Crippen LogP contribution in [0, 0.1) is 5.82 Å². The van der Waals surface area contributed by atoms with Gasteiger partial charge in [-0.2, -0.15) is 0 Å². The molecular weight excluding hydrogens is 341 g/mol. The van der Waals surface area contributed by atoms with Crippen molar-refractivity contribution in [1.29, 1.82) is 0 Å². The quantitative estimate of drug-likeness (QED) is 0.648. The van der Waals surface area contributed by atoms with E-state index in [1.165, 1.54) is 24.3 Å². The molecule has 3 aromatic rings. The zero-order chi connectivity index (χ0) is 17.6. The maximum atomic E-state index is 12.8. The van der Waals surface area contributed by atoms with Crippen LogP contribution < -0.4 is 10.6 Å².